The minimum Gasteiger partial charge on any atom is -0.493 e. The maximum Gasteiger partial charge on any atom is 0.265 e. The first-order valence-electron chi connectivity index (χ1n) is 9.76. The fraction of sp³-hybridized carbons (Fsp3) is 0.400. The monoisotopic (exact) mass is 523 g/mol. The molecule has 0 radical (unpaired) electrons. The van der Waals surface area contributed by atoms with E-state index in [-0.39, 0.29) is 12.2 Å². The van der Waals surface area contributed by atoms with Crippen LogP contribution in [0.5, 0.6) is 11.5 Å². The smallest absolute Gasteiger partial charge is 0.265 e. The molecule has 184 valence electrons. The van der Waals surface area contributed by atoms with Crippen LogP contribution in [0.3, 0.4) is 0 Å². The number of hydrogen-bond donors (Lipinski definition) is 3. The van der Waals surface area contributed by atoms with Gasteiger partial charge in [-0.15, -0.1) is 0 Å². The van der Waals surface area contributed by atoms with Crippen LogP contribution in [0.4, 0.5) is 0 Å². The molecule has 0 unspecified atom stereocenters. The molecule has 2 aromatic rings. The van der Waals surface area contributed by atoms with Gasteiger partial charge in [0.15, 0.2) is 17.6 Å². The van der Waals surface area contributed by atoms with Crippen molar-refractivity contribution in [3.8, 4) is 11.5 Å². The van der Waals surface area contributed by atoms with Crippen molar-refractivity contribution in [2.75, 3.05) is 38.3 Å². The van der Waals surface area contributed by atoms with Crippen LogP contribution in [0, 0.1) is 0 Å². The maximum atomic E-state index is 9.86. The third-order valence-electron chi connectivity index (χ3n) is 4.40. The van der Waals surface area contributed by atoms with Gasteiger partial charge in [-0.1, -0.05) is 41.9 Å². The zero-order valence-electron chi connectivity index (χ0n) is 17.8. The molecule has 3 N–H and O–H groups in total. The normalized spacial score (nSPS) is 17.4. The Hall–Kier alpha value is -1.93. The molecule has 33 heavy (non-hydrogen) atoms. The highest BCUT2D eigenvalue weighted by Crippen LogP contribution is 2.35. The average Bonchev–Trinajstić information content (AvgIpc) is 2.77. The minimum atomic E-state index is -4.30. The molecular formula is C20H26ClNO9S2. The molecule has 0 amide bonds. The third kappa shape index (κ3) is 10.3. The van der Waals surface area contributed by atoms with Crippen molar-refractivity contribution in [3.05, 3.63) is 59.1 Å². The maximum absolute atomic E-state index is 9.86. The number of rotatable bonds is 8. The van der Waals surface area contributed by atoms with Gasteiger partial charge in [0.2, 0.25) is 0 Å². The van der Waals surface area contributed by atoms with Crippen LogP contribution < -0.4 is 14.8 Å². The van der Waals surface area contributed by atoms with Crippen molar-refractivity contribution in [1.82, 2.24) is 5.32 Å². The van der Waals surface area contributed by atoms with Crippen LogP contribution in [0.15, 0.2) is 48.5 Å². The third-order valence-corrected chi connectivity index (χ3v) is 6.33. The van der Waals surface area contributed by atoms with Gasteiger partial charge in [0, 0.05) is 24.2 Å². The lowest BCUT2D eigenvalue weighted by Crippen LogP contribution is -2.43. The Kier molecular flexibility index (Phi) is 10.4. The number of methoxy groups -OCH3 is 1. The summed E-state index contributed by atoms with van der Waals surface area (Å²) < 4.78 is 72.9. The summed E-state index contributed by atoms with van der Waals surface area (Å²) >= 11 is 6.03. The molecule has 0 aromatic heterocycles. The molecule has 1 aliphatic rings. The van der Waals surface area contributed by atoms with Crippen molar-refractivity contribution in [2.24, 2.45) is 0 Å². The summed E-state index contributed by atoms with van der Waals surface area (Å²) in [6.07, 6.45) is -0.286. The van der Waals surface area contributed by atoms with Crippen molar-refractivity contribution in [3.63, 3.8) is 0 Å². The fourth-order valence-corrected chi connectivity index (χ4v) is 4.71. The predicted octanol–water partition coefficient (Wildman–Crippen LogP) is 2.22. The van der Waals surface area contributed by atoms with Crippen LogP contribution in [-0.2, 0) is 25.0 Å². The number of hydrogen-bond acceptors (Lipinski definition) is 8. The number of nitrogens with one attached hydrogen (secondary N) is 1. The number of benzene rings is 2. The molecule has 1 fully saturated rings. The van der Waals surface area contributed by atoms with E-state index < -0.39 is 31.7 Å². The highest BCUT2D eigenvalue weighted by Gasteiger charge is 2.28. The SMILES string of the molecule is COc1cc(Cl)ccc1O[C@@H](c1ccccc1)[C@@H]1CNCCO1.O=S(=O)(O)CCS(=O)(=O)O. The van der Waals surface area contributed by atoms with Crippen LogP contribution in [0.1, 0.15) is 11.7 Å². The van der Waals surface area contributed by atoms with E-state index in [1.165, 1.54) is 0 Å². The topological polar surface area (TPSA) is 148 Å². The van der Waals surface area contributed by atoms with Crippen LogP contribution in [0.25, 0.3) is 0 Å². The zero-order valence-corrected chi connectivity index (χ0v) is 20.1. The highest BCUT2D eigenvalue weighted by atomic mass is 35.5. The molecule has 13 heteroatoms. The van der Waals surface area contributed by atoms with Gasteiger partial charge in [0.05, 0.1) is 25.2 Å². The Morgan fingerprint density at radius 1 is 1.06 bits per heavy atom. The lowest BCUT2D eigenvalue weighted by atomic mass is 10.0. The second-order valence-corrected chi connectivity index (χ2v) is 10.5. The zero-order chi connectivity index (χ0) is 24.5. The first kappa shape index (κ1) is 27.3. The van der Waals surface area contributed by atoms with Crippen LogP contribution in [-0.4, -0.2) is 70.4 Å². The second-order valence-electron chi connectivity index (χ2n) is 6.93. The van der Waals surface area contributed by atoms with Crippen molar-refractivity contribution in [1.29, 1.82) is 0 Å². The summed E-state index contributed by atoms with van der Waals surface area (Å²) in [7, 11) is -6.99. The van der Waals surface area contributed by atoms with Gasteiger partial charge in [-0.25, -0.2) is 0 Å². The summed E-state index contributed by atoms with van der Waals surface area (Å²) in [6.45, 7) is 2.28. The molecule has 1 saturated heterocycles. The van der Waals surface area contributed by atoms with Gasteiger partial charge in [0.25, 0.3) is 20.2 Å². The quantitative estimate of drug-likeness (QED) is 0.439. The van der Waals surface area contributed by atoms with Gasteiger partial charge in [-0.2, -0.15) is 16.8 Å². The summed E-state index contributed by atoms with van der Waals surface area (Å²) in [5.41, 5.74) is 1.07. The predicted molar refractivity (Wildman–Crippen MR) is 123 cm³/mol. The van der Waals surface area contributed by atoms with E-state index in [9.17, 15) is 16.8 Å². The summed E-state index contributed by atoms with van der Waals surface area (Å²) in [4.78, 5) is 0. The molecule has 0 saturated carbocycles. The molecule has 0 bridgehead atoms. The van der Waals surface area contributed by atoms with Gasteiger partial charge in [-0.05, 0) is 17.7 Å². The van der Waals surface area contributed by atoms with Gasteiger partial charge < -0.3 is 19.5 Å². The van der Waals surface area contributed by atoms with Gasteiger partial charge >= 0.3 is 0 Å². The summed E-state index contributed by atoms with van der Waals surface area (Å²) in [5, 5.41) is 3.96. The molecule has 10 nitrogen and oxygen atoms in total. The van der Waals surface area contributed by atoms with E-state index >= 15 is 0 Å². The van der Waals surface area contributed by atoms with Gasteiger partial charge in [-0.3, -0.25) is 9.11 Å². The van der Waals surface area contributed by atoms with Crippen LogP contribution >= 0.6 is 11.6 Å². The van der Waals surface area contributed by atoms with Gasteiger partial charge in [0.1, 0.15) is 6.10 Å². The number of ether oxygens (including phenoxy) is 3. The van der Waals surface area contributed by atoms with Crippen LogP contribution in [0.2, 0.25) is 5.02 Å². The minimum absolute atomic E-state index is 0.0634. The highest BCUT2D eigenvalue weighted by molar-refractivity contribution is 7.89. The van der Waals surface area contributed by atoms with E-state index in [1.54, 1.807) is 19.2 Å². The first-order chi connectivity index (χ1) is 15.5. The average molecular weight is 524 g/mol. The number of halogens is 1. The standard InChI is InChI=1S/C18H20ClNO3.C2H6O6S2/c1-21-16-11-14(19)7-8-15(16)23-18(13-5-3-2-4-6-13)17-12-20-9-10-22-17;3-9(4,5)1-2-10(6,7)8/h2-8,11,17-18,20H,9-10,12H2,1H3;1-2H2,(H,3,4,5)(H,6,7,8)/t17-,18-;/m0./s1. The largest absolute Gasteiger partial charge is 0.493 e. The molecule has 2 aromatic carbocycles. The number of morpholine rings is 1. The van der Waals surface area contributed by atoms with Crippen molar-refractivity contribution in [2.45, 2.75) is 12.2 Å². The summed E-state index contributed by atoms with van der Waals surface area (Å²) in [6, 6.07) is 15.5. The molecule has 1 heterocycles. The lowest BCUT2D eigenvalue weighted by Gasteiger charge is -2.32. The Morgan fingerprint density at radius 3 is 2.21 bits per heavy atom. The Morgan fingerprint density at radius 2 is 1.70 bits per heavy atom. The fourth-order valence-electron chi connectivity index (χ4n) is 2.87. The van der Waals surface area contributed by atoms with E-state index in [4.69, 9.17) is 34.9 Å². The Labute approximate surface area is 198 Å². The lowest BCUT2D eigenvalue weighted by molar-refractivity contribution is -0.0438. The summed E-state index contributed by atoms with van der Waals surface area (Å²) in [5.74, 6) is -0.695. The Bertz CT molecular complexity index is 1060. The Balaban J connectivity index is 0.000000328. The van der Waals surface area contributed by atoms with E-state index in [0.717, 1.165) is 18.7 Å². The van der Waals surface area contributed by atoms with E-state index in [1.807, 2.05) is 36.4 Å². The molecule has 2 atom stereocenters. The molecule has 0 spiro atoms. The second kappa shape index (κ2) is 12.5. The first-order valence-corrected chi connectivity index (χ1v) is 13.4. The van der Waals surface area contributed by atoms with Crippen molar-refractivity contribution >= 4 is 31.8 Å². The molecule has 1 aliphatic heterocycles. The van der Waals surface area contributed by atoms with Crippen molar-refractivity contribution < 1.29 is 40.2 Å². The van der Waals surface area contributed by atoms with E-state index in [2.05, 4.69) is 5.32 Å². The molecular weight excluding hydrogens is 498 g/mol. The van der Waals surface area contributed by atoms with E-state index in [0.29, 0.717) is 23.1 Å². The molecule has 0 aliphatic carbocycles. The molecule has 3 rings (SSSR count).